The van der Waals surface area contributed by atoms with Gasteiger partial charge >= 0.3 is 0 Å². The molecule has 0 unspecified atom stereocenters. The van der Waals surface area contributed by atoms with E-state index < -0.39 is 5.82 Å². The van der Waals surface area contributed by atoms with Crippen LogP contribution in [0.1, 0.15) is 17.0 Å². The molecular weight excluding hydrogens is 279 g/mol. The minimum Gasteiger partial charge on any atom is -0.248 e. The molecule has 0 N–H and O–H groups in total. The Bertz CT molecular complexity index is 911. The van der Waals surface area contributed by atoms with Crippen molar-refractivity contribution < 1.29 is 4.39 Å². The molecule has 0 bridgehead atoms. The summed E-state index contributed by atoms with van der Waals surface area (Å²) in [7, 11) is 0. The molecule has 5 heteroatoms. The summed E-state index contributed by atoms with van der Waals surface area (Å²) < 4.78 is 14.9. The van der Waals surface area contributed by atoms with E-state index in [4.69, 9.17) is 5.26 Å². The van der Waals surface area contributed by atoms with E-state index in [-0.39, 0.29) is 5.56 Å². The van der Waals surface area contributed by atoms with Gasteiger partial charge in [-0.2, -0.15) is 10.4 Å². The van der Waals surface area contributed by atoms with Crippen LogP contribution < -0.4 is 0 Å². The fourth-order valence-corrected chi connectivity index (χ4v) is 1.87. The lowest BCUT2D eigenvalue weighted by atomic mass is 10.2. The second-order valence-electron chi connectivity index (χ2n) is 4.42. The minimum atomic E-state index is -0.481. The van der Waals surface area contributed by atoms with E-state index in [2.05, 4.69) is 21.9 Å². The Morgan fingerprint density at radius 2 is 1.91 bits per heavy atom. The number of hydrogen-bond acceptors (Lipinski definition) is 3. The number of aromatic nitrogens is 3. The number of pyridine rings is 1. The third-order valence-corrected chi connectivity index (χ3v) is 2.85. The molecular formula is C17H9FN4. The summed E-state index contributed by atoms with van der Waals surface area (Å²) in [4.78, 5) is 4.10. The normalized spacial score (nSPS) is 9.64. The van der Waals surface area contributed by atoms with Crippen LogP contribution >= 0.6 is 0 Å². The van der Waals surface area contributed by atoms with Crippen molar-refractivity contribution in [3.63, 3.8) is 0 Å². The van der Waals surface area contributed by atoms with Gasteiger partial charge < -0.3 is 0 Å². The van der Waals surface area contributed by atoms with E-state index in [9.17, 15) is 4.39 Å². The lowest BCUT2D eigenvalue weighted by Gasteiger charge is -2.01. The number of nitrogens with zero attached hydrogens (tertiary/aromatic N) is 4. The molecule has 0 amide bonds. The molecule has 0 saturated carbocycles. The fraction of sp³-hybridized carbons (Fsp3) is 0. The van der Waals surface area contributed by atoms with Crippen molar-refractivity contribution in [3.8, 4) is 23.6 Å². The first kappa shape index (κ1) is 13.5. The van der Waals surface area contributed by atoms with Crippen LogP contribution in [0, 0.1) is 29.0 Å². The van der Waals surface area contributed by atoms with Gasteiger partial charge in [0, 0.05) is 12.4 Å². The molecule has 4 nitrogen and oxygen atoms in total. The maximum absolute atomic E-state index is 13.4. The van der Waals surface area contributed by atoms with Crippen LogP contribution in [0.2, 0.25) is 0 Å². The summed E-state index contributed by atoms with van der Waals surface area (Å²) in [5, 5.41) is 13.1. The Balaban J connectivity index is 1.90. The number of halogens is 1. The van der Waals surface area contributed by atoms with Gasteiger partial charge in [-0.25, -0.2) is 14.1 Å². The Kier molecular flexibility index (Phi) is 3.63. The van der Waals surface area contributed by atoms with Crippen molar-refractivity contribution in [1.29, 1.82) is 5.26 Å². The highest BCUT2D eigenvalue weighted by molar-refractivity contribution is 5.42. The largest absolute Gasteiger partial charge is 0.248 e. The molecule has 0 aliphatic heterocycles. The number of hydrogen-bond donors (Lipinski definition) is 0. The van der Waals surface area contributed by atoms with Crippen molar-refractivity contribution in [3.05, 3.63) is 77.6 Å². The zero-order valence-electron chi connectivity index (χ0n) is 11.4. The van der Waals surface area contributed by atoms with Gasteiger partial charge in [0.1, 0.15) is 17.2 Å². The van der Waals surface area contributed by atoms with E-state index in [1.54, 1.807) is 30.6 Å². The van der Waals surface area contributed by atoms with Crippen LogP contribution in [0.5, 0.6) is 0 Å². The van der Waals surface area contributed by atoms with Crippen LogP contribution in [0.25, 0.3) is 5.69 Å². The highest BCUT2D eigenvalue weighted by Crippen LogP contribution is 2.13. The first-order chi connectivity index (χ1) is 10.7. The van der Waals surface area contributed by atoms with E-state index in [0.29, 0.717) is 17.1 Å². The predicted molar refractivity (Wildman–Crippen MR) is 78.5 cm³/mol. The second kappa shape index (κ2) is 5.90. The van der Waals surface area contributed by atoms with Gasteiger partial charge in [0.25, 0.3) is 0 Å². The molecule has 0 radical (unpaired) electrons. The first-order valence-electron chi connectivity index (χ1n) is 6.44. The van der Waals surface area contributed by atoms with Gasteiger partial charge in [-0.15, -0.1) is 0 Å². The van der Waals surface area contributed by atoms with Crippen molar-refractivity contribution in [1.82, 2.24) is 14.8 Å². The molecule has 104 valence electrons. The molecule has 0 saturated heterocycles. The number of nitriles is 1. The van der Waals surface area contributed by atoms with Crippen molar-refractivity contribution in [2.75, 3.05) is 0 Å². The maximum Gasteiger partial charge on any atom is 0.136 e. The third kappa shape index (κ3) is 3.00. The molecule has 2 heterocycles. The Morgan fingerprint density at radius 1 is 1.05 bits per heavy atom. The standard InChI is InChI=1S/C17H9FN4/c18-14-9-13(12-19)10-17(11-14)22-8-6-16(21-22)5-4-15-3-1-2-7-20-15/h1-3,6-11H. The smallest absolute Gasteiger partial charge is 0.136 e. The summed E-state index contributed by atoms with van der Waals surface area (Å²) in [5.41, 5.74) is 1.90. The number of rotatable bonds is 1. The zero-order valence-corrected chi connectivity index (χ0v) is 11.4. The van der Waals surface area contributed by atoms with Crippen molar-refractivity contribution in [2.45, 2.75) is 0 Å². The van der Waals surface area contributed by atoms with Crippen LogP contribution in [-0.2, 0) is 0 Å². The monoisotopic (exact) mass is 288 g/mol. The first-order valence-corrected chi connectivity index (χ1v) is 6.44. The topological polar surface area (TPSA) is 54.5 Å². The van der Waals surface area contributed by atoms with Gasteiger partial charge in [0.15, 0.2) is 0 Å². The Labute approximate surface area is 126 Å². The SMILES string of the molecule is N#Cc1cc(F)cc(-n2ccc(C#Cc3ccccn3)n2)c1. The molecule has 0 aliphatic carbocycles. The number of benzene rings is 1. The van der Waals surface area contributed by atoms with E-state index >= 15 is 0 Å². The average molecular weight is 288 g/mol. The average Bonchev–Trinajstić information content (AvgIpc) is 3.02. The van der Waals surface area contributed by atoms with E-state index in [1.807, 2.05) is 18.2 Å². The molecule has 0 aliphatic rings. The second-order valence-corrected chi connectivity index (χ2v) is 4.42. The zero-order chi connectivity index (χ0) is 15.4. The van der Waals surface area contributed by atoms with Crippen LogP contribution in [0.15, 0.2) is 54.9 Å². The molecule has 2 aromatic heterocycles. The lowest BCUT2D eigenvalue weighted by molar-refractivity contribution is 0.625. The fourth-order valence-electron chi connectivity index (χ4n) is 1.87. The van der Waals surface area contributed by atoms with Crippen molar-refractivity contribution >= 4 is 0 Å². The predicted octanol–water partition coefficient (Wildman–Crippen LogP) is 2.68. The van der Waals surface area contributed by atoms with Crippen LogP contribution in [0.3, 0.4) is 0 Å². The molecule has 3 aromatic rings. The summed E-state index contributed by atoms with van der Waals surface area (Å²) in [6.07, 6.45) is 3.33. The summed E-state index contributed by atoms with van der Waals surface area (Å²) >= 11 is 0. The molecule has 0 spiro atoms. The third-order valence-electron chi connectivity index (χ3n) is 2.85. The minimum absolute atomic E-state index is 0.242. The van der Waals surface area contributed by atoms with Gasteiger partial charge in [-0.3, -0.25) is 0 Å². The maximum atomic E-state index is 13.4. The van der Waals surface area contributed by atoms with Gasteiger partial charge in [-0.1, -0.05) is 6.07 Å². The molecule has 1 aromatic carbocycles. The molecule has 0 fully saturated rings. The van der Waals surface area contributed by atoms with E-state index in [1.165, 1.54) is 16.8 Å². The van der Waals surface area contributed by atoms with Gasteiger partial charge in [0.05, 0.1) is 17.3 Å². The summed E-state index contributed by atoms with van der Waals surface area (Å²) in [6.45, 7) is 0. The van der Waals surface area contributed by atoms with E-state index in [0.717, 1.165) is 0 Å². The molecule has 22 heavy (non-hydrogen) atoms. The molecule has 0 atom stereocenters. The quantitative estimate of drug-likeness (QED) is 0.647. The summed E-state index contributed by atoms with van der Waals surface area (Å²) in [6, 6.07) is 13.1. The highest BCUT2D eigenvalue weighted by Gasteiger charge is 2.04. The van der Waals surface area contributed by atoms with Crippen molar-refractivity contribution in [2.24, 2.45) is 0 Å². The Hall–Kier alpha value is -3.44. The molecule has 3 rings (SSSR count). The van der Waals surface area contributed by atoms with Crippen LogP contribution in [0.4, 0.5) is 4.39 Å². The van der Waals surface area contributed by atoms with Gasteiger partial charge in [-0.05, 0) is 48.2 Å². The lowest BCUT2D eigenvalue weighted by Crippen LogP contribution is -1.97. The summed E-state index contributed by atoms with van der Waals surface area (Å²) in [5.74, 6) is 5.31. The Morgan fingerprint density at radius 3 is 2.68 bits per heavy atom. The van der Waals surface area contributed by atoms with Gasteiger partial charge in [0.2, 0.25) is 0 Å². The van der Waals surface area contributed by atoms with Crippen LogP contribution in [-0.4, -0.2) is 14.8 Å². The highest BCUT2D eigenvalue weighted by atomic mass is 19.1.